The summed E-state index contributed by atoms with van der Waals surface area (Å²) in [7, 11) is 6.26. The van der Waals surface area contributed by atoms with Crippen LogP contribution in [0.5, 0.6) is 17.2 Å². The molecule has 0 unspecified atom stereocenters. The molecule has 0 radical (unpaired) electrons. The van der Waals surface area contributed by atoms with Crippen LogP contribution in [0, 0.1) is 0 Å². The second-order valence-corrected chi connectivity index (χ2v) is 7.32. The number of rotatable bonds is 8. The summed E-state index contributed by atoms with van der Waals surface area (Å²) in [5.41, 5.74) is 1.28. The molecule has 0 fully saturated rings. The van der Waals surface area contributed by atoms with Gasteiger partial charge in [0.05, 0.1) is 38.0 Å². The van der Waals surface area contributed by atoms with Crippen molar-refractivity contribution in [3.63, 3.8) is 0 Å². The van der Waals surface area contributed by atoms with Gasteiger partial charge in [-0.3, -0.25) is 14.2 Å². The molecular weight excluding hydrogens is 406 g/mol. The molecule has 0 bridgehead atoms. The molecule has 2 aromatic carbocycles. The van der Waals surface area contributed by atoms with E-state index in [1.54, 1.807) is 37.4 Å². The first-order valence-electron chi connectivity index (χ1n) is 9.12. The first kappa shape index (κ1) is 21.5. The minimum Gasteiger partial charge on any atom is -0.493 e. The lowest BCUT2D eigenvalue weighted by Gasteiger charge is -2.14. The molecule has 1 N–H and O–H groups in total. The van der Waals surface area contributed by atoms with Crippen molar-refractivity contribution in [2.24, 2.45) is 7.05 Å². The number of para-hydroxylation sites is 1. The molecule has 0 saturated heterocycles. The van der Waals surface area contributed by atoms with Crippen LogP contribution in [0.25, 0.3) is 10.9 Å². The van der Waals surface area contributed by atoms with Crippen molar-refractivity contribution in [2.75, 3.05) is 27.1 Å². The summed E-state index contributed by atoms with van der Waals surface area (Å²) in [6.07, 6.45) is 0. The minimum absolute atomic E-state index is 0.128. The maximum atomic E-state index is 12.5. The third kappa shape index (κ3) is 4.51. The van der Waals surface area contributed by atoms with E-state index in [9.17, 15) is 9.59 Å². The van der Waals surface area contributed by atoms with Gasteiger partial charge in [0.25, 0.3) is 5.56 Å². The number of thioether (sulfide) groups is 1. The summed E-state index contributed by atoms with van der Waals surface area (Å²) in [4.78, 5) is 29.3. The van der Waals surface area contributed by atoms with E-state index in [2.05, 4.69) is 10.3 Å². The number of nitrogens with zero attached hydrogens (tertiary/aromatic N) is 2. The Balaban J connectivity index is 1.67. The van der Waals surface area contributed by atoms with Crippen molar-refractivity contribution < 1.29 is 19.0 Å². The summed E-state index contributed by atoms with van der Waals surface area (Å²) < 4.78 is 17.4. The lowest BCUT2D eigenvalue weighted by atomic mass is 10.2. The van der Waals surface area contributed by atoms with Crippen molar-refractivity contribution in [1.29, 1.82) is 0 Å². The third-order valence-electron chi connectivity index (χ3n) is 4.49. The highest BCUT2D eigenvalue weighted by molar-refractivity contribution is 7.99. The molecule has 1 aromatic heterocycles. The van der Waals surface area contributed by atoms with Gasteiger partial charge in [-0.25, -0.2) is 4.98 Å². The highest BCUT2D eigenvalue weighted by Gasteiger charge is 2.14. The molecule has 0 aliphatic rings. The van der Waals surface area contributed by atoms with E-state index in [4.69, 9.17) is 14.2 Å². The lowest BCUT2D eigenvalue weighted by Crippen LogP contribution is -2.26. The van der Waals surface area contributed by atoms with Crippen LogP contribution >= 0.6 is 11.8 Å². The van der Waals surface area contributed by atoms with Gasteiger partial charge in [-0.2, -0.15) is 0 Å². The monoisotopic (exact) mass is 429 g/mol. The molecule has 30 heavy (non-hydrogen) atoms. The topological polar surface area (TPSA) is 91.7 Å². The first-order valence-corrected chi connectivity index (χ1v) is 10.1. The second-order valence-electron chi connectivity index (χ2n) is 6.37. The maximum Gasteiger partial charge on any atom is 0.261 e. The van der Waals surface area contributed by atoms with Gasteiger partial charge in [0.1, 0.15) is 0 Å². The molecule has 3 aromatic rings. The largest absolute Gasteiger partial charge is 0.493 e. The number of methoxy groups -OCH3 is 3. The van der Waals surface area contributed by atoms with Gasteiger partial charge >= 0.3 is 0 Å². The van der Waals surface area contributed by atoms with Crippen molar-refractivity contribution >= 4 is 28.6 Å². The van der Waals surface area contributed by atoms with E-state index in [0.29, 0.717) is 39.9 Å². The van der Waals surface area contributed by atoms with E-state index in [-0.39, 0.29) is 17.2 Å². The van der Waals surface area contributed by atoms with Crippen LogP contribution in [-0.4, -0.2) is 42.5 Å². The lowest BCUT2D eigenvalue weighted by molar-refractivity contribution is -0.118. The smallest absolute Gasteiger partial charge is 0.261 e. The molecule has 1 amide bonds. The molecule has 158 valence electrons. The summed E-state index contributed by atoms with van der Waals surface area (Å²) in [6.45, 7) is 0.292. The molecule has 0 aliphatic heterocycles. The number of aromatic nitrogens is 2. The number of carbonyl (C=O) groups is 1. The quantitative estimate of drug-likeness (QED) is 0.434. The van der Waals surface area contributed by atoms with Crippen LogP contribution in [0.3, 0.4) is 0 Å². The second kappa shape index (κ2) is 9.53. The fourth-order valence-electron chi connectivity index (χ4n) is 2.95. The number of carbonyl (C=O) groups excluding carboxylic acids is 1. The minimum atomic E-state index is -0.184. The zero-order valence-corrected chi connectivity index (χ0v) is 18.0. The molecule has 9 heteroatoms. The van der Waals surface area contributed by atoms with Crippen LogP contribution in [0.2, 0.25) is 0 Å². The summed E-state index contributed by atoms with van der Waals surface area (Å²) in [5.74, 6) is 1.48. The Hall–Kier alpha value is -3.20. The Bertz CT molecular complexity index is 1100. The van der Waals surface area contributed by atoms with Crippen molar-refractivity contribution in [2.45, 2.75) is 11.7 Å². The summed E-state index contributed by atoms with van der Waals surface area (Å²) in [5, 5.41) is 3.89. The van der Waals surface area contributed by atoms with Gasteiger partial charge < -0.3 is 19.5 Å². The van der Waals surface area contributed by atoms with E-state index in [0.717, 1.165) is 5.56 Å². The number of fused-ring (bicyclic) bond motifs is 1. The van der Waals surface area contributed by atoms with Crippen LogP contribution in [-0.2, 0) is 18.4 Å². The van der Waals surface area contributed by atoms with Crippen LogP contribution in [0.15, 0.2) is 46.3 Å². The van der Waals surface area contributed by atoms with Gasteiger partial charge in [0, 0.05) is 13.6 Å². The number of hydrogen-bond acceptors (Lipinski definition) is 7. The van der Waals surface area contributed by atoms with Crippen LogP contribution < -0.4 is 25.1 Å². The Morgan fingerprint density at radius 2 is 1.77 bits per heavy atom. The molecule has 3 rings (SSSR count). The van der Waals surface area contributed by atoms with E-state index < -0.39 is 0 Å². The highest BCUT2D eigenvalue weighted by atomic mass is 32.2. The fourth-order valence-corrected chi connectivity index (χ4v) is 3.75. The average Bonchev–Trinajstić information content (AvgIpc) is 2.78. The van der Waals surface area contributed by atoms with Crippen molar-refractivity contribution in [3.8, 4) is 17.2 Å². The highest BCUT2D eigenvalue weighted by Crippen LogP contribution is 2.38. The van der Waals surface area contributed by atoms with Crippen molar-refractivity contribution in [3.05, 3.63) is 52.3 Å². The molecule has 0 atom stereocenters. The molecule has 1 heterocycles. The SMILES string of the molecule is COc1cc(CNC(=O)CSc2nc3ccccc3c(=O)n2C)cc(OC)c1OC. The molecule has 0 saturated carbocycles. The number of nitrogens with one attached hydrogen (secondary N) is 1. The summed E-state index contributed by atoms with van der Waals surface area (Å²) >= 11 is 1.21. The zero-order chi connectivity index (χ0) is 21.7. The Labute approximate surface area is 178 Å². The van der Waals surface area contributed by atoms with Crippen LogP contribution in [0.1, 0.15) is 5.56 Å². The number of benzene rings is 2. The number of hydrogen-bond donors (Lipinski definition) is 1. The van der Waals surface area contributed by atoms with Crippen molar-refractivity contribution in [1.82, 2.24) is 14.9 Å². The van der Waals surface area contributed by atoms with E-state index in [1.807, 2.05) is 6.07 Å². The molecular formula is C21H23N3O5S. The van der Waals surface area contributed by atoms with Gasteiger partial charge in [-0.05, 0) is 29.8 Å². The fraction of sp³-hybridized carbons (Fsp3) is 0.286. The maximum absolute atomic E-state index is 12.5. The Kier molecular flexibility index (Phi) is 6.83. The van der Waals surface area contributed by atoms with E-state index in [1.165, 1.54) is 37.7 Å². The van der Waals surface area contributed by atoms with Gasteiger partial charge in [-0.1, -0.05) is 23.9 Å². The zero-order valence-electron chi connectivity index (χ0n) is 17.2. The molecule has 0 spiro atoms. The molecule has 0 aliphatic carbocycles. The number of amides is 1. The van der Waals surface area contributed by atoms with Crippen LogP contribution in [0.4, 0.5) is 0 Å². The Morgan fingerprint density at radius 3 is 2.40 bits per heavy atom. The van der Waals surface area contributed by atoms with E-state index >= 15 is 0 Å². The van der Waals surface area contributed by atoms with Gasteiger partial charge in [0.2, 0.25) is 11.7 Å². The third-order valence-corrected chi connectivity index (χ3v) is 5.52. The van der Waals surface area contributed by atoms with Gasteiger partial charge in [-0.15, -0.1) is 0 Å². The average molecular weight is 429 g/mol. The molecule has 8 nitrogen and oxygen atoms in total. The van der Waals surface area contributed by atoms with Gasteiger partial charge in [0.15, 0.2) is 16.7 Å². The predicted octanol–water partition coefficient (Wildman–Crippen LogP) is 2.37. The Morgan fingerprint density at radius 1 is 1.10 bits per heavy atom. The normalized spacial score (nSPS) is 10.7. The first-order chi connectivity index (χ1) is 14.5. The summed E-state index contributed by atoms with van der Waals surface area (Å²) in [6, 6.07) is 10.7. The predicted molar refractivity (Wildman–Crippen MR) is 116 cm³/mol. The number of ether oxygens (including phenoxy) is 3. The standard InChI is InChI=1S/C21H23N3O5S/c1-24-20(26)14-7-5-6-8-15(14)23-21(24)30-12-18(25)22-11-13-9-16(27-2)19(29-4)17(10-13)28-3/h5-10H,11-12H2,1-4H3,(H,22,25).